The van der Waals surface area contributed by atoms with Gasteiger partial charge in [-0.25, -0.2) is 0 Å². The molecule has 4 fully saturated rings. The lowest BCUT2D eigenvalue weighted by Crippen LogP contribution is -2.72. The highest BCUT2D eigenvalue weighted by molar-refractivity contribution is 5.87. The average Bonchev–Trinajstić information content (AvgIpc) is 3.39. The Morgan fingerprint density at radius 2 is 2.02 bits per heavy atom. The van der Waals surface area contributed by atoms with E-state index in [1.54, 1.807) is 0 Å². The molecule has 7 unspecified atom stereocenters. The van der Waals surface area contributed by atoms with Gasteiger partial charge in [-0.2, -0.15) is 5.26 Å². The molecule has 1 amide bonds. The molecule has 2 N–H and O–H groups in total. The number of likely N-dealkylation sites (tertiary alicyclic amines) is 1. The van der Waals surface area contributed by atoms with Gasteiger partial charge in [-0.15, -0.1) is 0 Å². The van der Waals surface area contributed by atoms with E-state index in [-0.39, 0.29) is 24.5 Å². The number of benzene rings is 1. The Morgan fingerprint density at radius 3 is 2.80 bits per heavy atom. The summed E-state index contributed by atoms with van der Waals surface area (Å²) in [5.74, 6) is 0.385. The Balaban J connectivity index is 1.20. The second-order valence-electron chi connectivity index (χ2n) is 13.0. The summed E-state index contributed by atoms with van der Waals surface area (Å²) in [7, 11) is 2.20. The van der Waals surface area contributed by atoms with E-state index in [2.05, 4.69) is 64.4 Å². The fourth-order valence-electron chi connectivity index (χ4n) is 8.42. The summed E-state index contributed by atoms with van der Waals surface area (Å²) < 4.78 is 6.57. The van der Waals surface area contributed by atoms with Gasteiger partial charge in [0, 0.05) is 37.6 Å². The minimum atomic E-state index is -0.200. The second-order valence-corrected chi connectivity index (χ2v) is 13.0. The van der Waals surface area contributed by atoms with E-state index in [1.165, 1.54) is 68.6 Å². The Kier molecular flexibility index (Phi) is 8.30. The van der Waals surface area contributed by atoms with Crippen LogP contribution in [-0.4, -0.2) is 91.1 Å². The normalized spacial score (nSPS) is 36.5. The van der Waals surface area contributed by atoms with Crippen molar-refractivity contribution in [1.82, 2.24) is 25.3 Å². The quantitative estimate of drug-likeness (QED) is 0.531. The first kappa shape index (κ1) is 27.9. The van der Waals surface area contributed by atoms with E-state index >= 15 is 0 Å². The number of ether oxygens (including phenoxy) is 1. The van der Waals surface area contributed by atoms with E-state index in [9.17, 15) is 10.1 Å². The Labute approximate surface area is 239 Å². The highest BCUT2D eigenvalue weighted by Crippen LogP contribution is 2.49. The molecule has 3 saturated heterocycles. The van der Waals surface area contributed by atoms with Crippen molar-refractivity contribution in [3.05, 3.63) is 48.0 Å². The molecule has 8 nitrogen and oxygen atoms in total. The summed E-state index contributed by atoms with van der Waals surface area (Å²) in [6, 6.07) is 12.1. The van der Waals surface area contributed by atoms with Crippen LogP contribution in [0.1, 0.15) is 56.1 Å². The molecule has 8 heteroatoms. The van der Waals surface area contributed by atoms with Crippen molar-refractivity contribution in [1.29, 1.82) is 5.26 Å². The van der Waals surface area contributed by atoms with E-state index in [0.717, 1.165) is 19.7 Å². The molecular formula is C32H46N6O2. The number of hydrogen-bond donors (Lipinski definition) is 2. The van der Waals surface area contributed by atoms with Crippen molar-refractivity contribution in [2.75, 3.05) is 39.8 Å². The Hall–Kier alpha value is -2.28. The summed E-state index contributed by atoms with van der Waals surface area (Å²) >= 11 is 0. The lowest BCUT2D eigenvalue weighted by Gasteiger charge is -2.56. The standard InChI is InChI=1S/C32H46N6O2/c1-3-29(39)38-18-17-37(21-25(38)12-15-33)30-27-11-14-32(13-10-23-7-4-5-8-24(23)19-32)20-28(27)34-31(35-30)40-22-26-9-6-16-36(26)2/h3-5,7-8,25-28,30-31,34-35H,1,6,9-14,16-22H2,2H3. The summed E-state index contributed by atoms with van der Waals surface area (Å²) in [6.45, 7) is 7.67. The summed E-state index contributed by atoms with van der Waals surface area (Å²) in [6.07, 6.45) is 11.3. The second kappa shape index (κ2) is 11.9. The number of rotatable bonds is 6. The van der Waals surface area contributed by atoms with Crippen LogP contribution in [0.4, 0.5) is 0 Å². The van der Waals surface area contributed by atoms with Crippen molar-refractivity contribution >= 4 is 5.91 Å². The molecule has 1 aromatic rings. The van der Waals surface area contributed by atoms with Gasteiger partial charge in [0.1, 0.15) is 0 Å². The van der Waals surface area contributed by atoms with Gasteiger partial charge in [0.2, 0.25) is 5.91 Å². The molecule has 216 valence electrons. The minimum absolute atomic E-state index is 0.0740. The number of carbonyl (C=O) groups excluding carboxylic acids is 1. The van der Waals surface area contributed by atoms with Crippen molar-refractivity contribution in [2.24, 2.45) is 11.3 Å². The Morgan fingerprint density at radius 1 is 1.18 bits per heavy atom. The SMILES string of the molecule is C=CC(=O)N1CCN(C2NC(OCC3CCCN3C)NC3CC4(CCc5ccccc5C4)CCC32)CC1CC#N. The van der Waals surface area contributed by atoms with Crippen molar-refractivity contribution < 1.29 is 9.53 Å². The number of carbonyl (C=O) groups is 1. The van der Waals surface area contributed by atoms with Crippen LogP contribution in [0.15, 0.2) is 36.9 Å². The van der Waals surface area contributed by atoms with Crippen LogP contribution in [0.5, 0.6) is 0 Å². The zero-order valence-corrected chi connectivity index (χ0v) is 24.1. The van der Waals surface area contributed by atoms with Gasteiger partial charge in [-0.1, -0.05) is 30.8 Å². The number of fused-ring (bicyclic) bond motifs is 2. The van der Waals surface area contributed by atoms with Gasteiger partial charge in [0.25, 0.3) is 0 Å². The number of nitrogens with one attached hydrogen (secondary N) is 2. The van der Waals surface area contributed by atoms with Gasteiger partial charge in [0.05, 0.1) is 31.3 Å². The number of aryl methyl sites for hydroxylation is 1. The van der Waals surface area contributed by atoms with Gasteiger partial charge in [-0.05, 0) is 87.6 Å². The third kappa shape index (κ3) is 5.60. The number of nitriles is 1. The van der Waals surface area contributed by atoms with Crippen LogP contribution >= 0.6 is 0 Å². The van der Waals surface area contributed by atoms with Crippen molar-refractivity contribution in [3.8, 4) is 6.07 Å². The molecule has 0 aromatic heterocycles. The summed E-state index contributed by atoms with van der Waals surface area (Å²) in [5.41, 5.74) is 3.42. The fourth-order valence-corrected chi connectivity index (χ4v) is 8.42. The van der Waals surface area contributed by atoms with E-state index in [4.69, 9.17) is 4.74 Å². The predicted octanol–water partition coefficient (Wildman–Crippen LogP) is 2.86. The lowest BCUT2D eigenvalue weighted by atomic mass is 9.59. The predicted molar refractivity (Wildman–Crippen MR) is 155 cm³/mol. The maximum atomic E-state index is 12.5. The molecular weight excluding hydrogens is 500 g/mol. The van der Waals surface area contributed by atoms with Crippen molar-refractivity contribution in [2.45, 2.75) is 88.4 Å². The van der Waals surface area contributed by atoms with E-state index in [1.807, 2.05) is 4.90 Å². The topological polar surface area (TPSA) is 83.9 Å². The molecule has 2 aliphatic carbocycles. The van der Waals surface area contributed by atoms with Crippen LogP contribution in [0.25, 0.3) is 0 Å². The summed E-state index contributed by atoms with van der Waals surface area (Å²) in [5, 5.41) is 17.3. The third-order valence-corrected chi connectivity index (χ3v) is 10.7. The summed E-state index contributed by atoms with van der Waals surface area (Å²) in [4.78, 5) is 19.3. The molecule has 5 aliphatic rings. The van der Waals surface area contributed by atoms with E-state index in [0.29, 0.717) is 42.9 Å². The minimum Gasteiger partial charge on any atom is -0.348 e. The first-order valence-corrected chi connectivity index (χ1v) is 15.4. The van der Waals surface area contributed by atoms with Crippen LogP contribution < -0.4 is 10.6 Å². The number of piperazine rings is 1. The van der Waals surface area contributed by atoms with Crippen LogP contribution in [0.3, 0.4) is 0 Å². The van der Waals surface area contributed by atoms with Crippen LogP contribution in [0, 0.1) is 22.7 Å². The van der Waals surface area contributed by atoms with Gasteiger partial charge in [-0.3, -0.25) is 20.3 Å². The molecule has 0 radical (unpaired) electrons. The molecule has 1 saturated carbocycles. The molecule has 0 bridgehead atoms. The van der Waals surface area contributed by atoms with Gasteiger partial charge in [0.15, 0.2) is 6.35 Å². The smallest absolute Gasteiger partial charge is 0.246 e. The number of nitrogens with zero attached hydrogens (tertiary/aromatic N) is 4. The number of amides is 1. The molecule has 1 spiro atoms. The highest BCUT2D eigenvalue weighted by Gasteiger charge is 2.50. The fraction of sp³-hybridized carbons (Fsp3) is 0.688. The van der Waals surface area contributed by atoms with Gasteiger partial charge < -0.3 is 14.5 Å². The maximum Gasteiger partial charge on any atom is 0.246 e. The molecule has 6 rings (SSSR count). The highest BCUT2D eigenvalue weighted by atomic mass is 16.5. The zero-order chi connectivity index (χ0) is 27.7. The zero-order valence-electron chi connectivity index (χ0n) is 24.1. The lowest BCUT2D eigenvalue weighted by molar-refractivity contribution is -0.137. The molecule has 1 aromatic carbocycles. The maximum absolute atomic E-state index is 12.5. The molecule has 3 heterocycles. The first-order valence-electron chi connectivity index (χ1n) is 15.4. The molecule has 3 aliphatic heterocycles. The van der Waals surface area contributed by atoms with Crippen molar-refractivity contribution in [3.63, 3.8) is 0 Å². The number of hydrogen-bond acceptors (Lipinski definition) is 7. The van der Waals surface area contributed by atoms with Gasteiger partial charge >= 0.3 is 0 Å². The largest absolute Gasteiger partial charge is 0.348 e. The van der Waals surface area contributed by atoms with E-state index < -0.39 is 0 Å². The number of likely N-dealkylation sites (N-methyl/N-ethyl adjacent to an activating group) is 1. The van der Waals surface area contributed by atoms with Crippen LogP contribution in [-0.2, 0) is 22.4 Å². The molecule has 7 atom stereocenters. The monoisotopic (exact) mass is 546 g/mol. The third-order valence-electron chi connectivity index (χ3n) is 10.7. The first-order chi connectivity index (χ1) is 19.5. The Bertz CT molecular complexity index is 1120. The van der Waals surface area contributed by atoms with Crippen LogP contribution in [0.2, 0.25) is 0 Å². The average molecular weight is 547 g/mol. The molecule has 40 heavy (non-hydrogen) atoms.